The molecular weight excluding hydrogens is 292 g/mol. The van der Waals surface area contributed by atoms with E-state index in [1.807, 2.05) is 6.92 Å². The molecule has 0 aliphatic heterocycles. The minimum atomic E-state index is -0.200. The fraction of sp³-hybridized carbons (Fsp3) is 0.500. The van der Waals surface area contributed by atoms with E-state index in [1.165, 1.54) is 31.3 Å². The Labute approximate surface area is 138 Å². The van der Waals surface area contributed by atoms with Crippen molar-refractivity contribution in [2.24, 2.45) is 0 Å². The third-order valence-electron chi connectivity index (χ3n) is 3.84. The van der Waals surface area contributed by atoms with E-state index in [2.05, 4.69) is 16.7 Å². The molecule has 0 unspecified atom stereocenters. The molecule has 0 aromatic heterocycles. The van der Waals surface area contributed by atoms with Crippen LogP contribution in [0.2, 0.25) is 0 Å². The first-order valence-electron chi connectivity index (χ1n) is 8.26. The van der Waals surface area contributed by atoms with E-state index in [4.69, 9.17) is 9.47 Å². The number of rotatable bonds is 7. The maximum atomic E-state index is 12.0. The fourth-order valence-corrected chi connectivity index (χ4v) is 2.67. The van der Waals surface area contributed by atoms with Gasteiger partial charge in [-0.05, 0) is 51.2 Å². The van der Waals surface area contributed by atoms with Gasteiger partial charge in [-0.25, -0.2) is 4.79 Å². The molecule has 1 aliphatic carbocycles. The molecule has 2 rings (SSSR count). The molecular formula is C18H26N2O3. The number of hydrogen-bond donors (Lipinski definition) is 2. The van der Waals surface area contributed by atoms with Gasteiger partial charge in [0.2, 0.25) is 0 Å². The first kappa shape index (κ1) is 17.2. The predicted molar refractivity (Wildman–Crippen MR) is 92.4 cm³/mol. The summed E-state index contributed by atoms with van der Waals surface area (Å²) in [6, 6.07) is 5.15. The minimum absolute atomic E-state index is 0.200. The lowest BCUT2D eigenvalue weighted by Gasteiger charge is -2.14. The van der Waals surface area contributed by atoms with Gasteiger partial charge in [-0.2, -0.15) is 0 Å². The largest absolute Gasteiger partial charge is 0.493 e. The van der Waals surface area contributed by atoms with Gasteiger partial charge >= 0.3 is 6.03 Å². The van der Waals surface area contributed by atoms with Gasteiger partial charge in [-0.3, -0.25) is 0 Å². The van der Waals surface area contributed by atoms with Crippen molar-refractivity contribution in [2.45, 2.75) is 39.0 Å². The van der Waals surface area contributed by atoms with E-state index >= 15 is 0 Å². The SMILES string of the molecule is CCOc1cc(NC(=O)NCCC2=CCCCC2)ccc1OC. The second-order valence-corrected chi connectivity index (χ2v) is 5.54. The van der Waals surface area contributed by atoms with Crippen molar-refractivity contribution >= 4 is 11.7 Å². The number of carbonyl (C=O) groups is 1. The van der Waals surface area contributed by atoms with E-state index < -0.39 is 0 Å². The van der Waals surface area contributed by atoms with Crippen LogP contribution in [0.25, 0.3) is 0 Å². The van der Waals surface area contributed by atoms with Gasteiger partial charge in [0.25, 0.3) is 0 Å². The number of amides is 2. The van der Waals surface area contributed by atoms with Gasteiger partial charge < -0.3 is 20.1 Å². The normalized spacial score (nSPS) is 13.9. The number of anilines is 1. The van der Waals surface area contributed by atoms with Crippen LogP contribution in [-0.2, 0) is 0 Å². The number of methoxy groups -OCH3 is 1. The molecule has 1 aromatic carbocycles. The van der Waals surface area contributed by atoms with Crippen LogP contribution in [0.4, 0.5) is 10.5 Å². The number of carbonyl (C=O) groups excluding carboxylic acids is 1. The molecule has 23 heavy (non-hydrogen) atoms. The Kier molecular flexibility index (Phi) is 6.78. The van der Waals surface area contributed by atoms with Crippen LogP contribution < -0.4 is 20.1 Å². The first-order chi connectivity index (χ1) is 11.2. The molecule has 0 radical (unpaired) electrons. The van der Waals surface area contributed by atoms with Crippen LogP contribution >= 0.6 is 0 Å². The van der Waals surface area contributed by atoms with E-state index in [-0.39, 0.29) is 6.03 Å². The van der Waals surface area contributed by atoms with Crippen LogP contribution in [0.3, 0.4) is 0 Å². The average molecular weight is 318 g/mol. The topological polar surface area (TPSA) is 59.6 Å². The molecule has 0 bridgehead atoms. The van der Waals surface area contributed by atoms with E-state index in [0.29, 0.717) is 30.3 Å². The second-order valence-electron chi connectivity index (χ2n) is 5.54. The molecule has 0 spiro atoms. The van der Waals surface area contributed by atoms with Crippen molar-refractivity contribution in [3.05, 3.63) is 29.8 Å². The Balaban J connectivity index is 1.82. The summed E-state index contributed by atoms with van der Waals surface area (Å²) < 4.78 is 10.7. The molecule has 5 heteroatoms. The maximum absolute atomic E-state index is 12.0. The Hall–Kier alpha value is -2.17. The lowest BCUT2D eigenvalue weighted by molar-refractivity contribution is 0.252. The molecule has 2 amide bonds. The maximum Gasteiger partial charge on any atom is 0.319 e. The highest BCUT2D eigenvalue weighted by atomic mass is 16.5. The molecule has 1 aliphatic rings. The Morgan fingerprint density at radius 1 is 1.26 bits per heavy atom. The summed E-state index contributed by atoms with van der Waals surface area (Å²) in [5, 5.41) is 5.72. The van der Waals surface area contributed by atoms with Crippen molar-refractivity contribution in [3.8, 4) is 11.5 Å². The number of ether oxygens (including phenoxy) is 2. The lowest BCUT2D eigenvalue weighted by atomic mass is 9.97. The third kappa shape index (κ3) is 5.51. The quantitative estimate of drug-likeness (QED) is 0.744. The van der Waals surface area contributed by atoms with Gasteiger partial charge in [-0.15, -0.1) is 0 Å². The highest BCUT2D eigenvalue weighted by Crippen LogP contribution is 2.30. The summed E-state index contributed by atoms with van der Waals surface area (Å²) >= 11 is 0. The summed E-state index contributed by atoms with van der Waals surface area (Å²) in [7, 11) is 1.59. The molecule has 0 heterocycles. The monoisotopic (exact) mass is 318 g/mol. The molecule has 0 saturated heterocycles. The van der Waals surface area contributed by atoms with Crippen molar-refractivity contribution in [1.82, 2.24) is 5.32 Å². The van der Waals surface area contributed by atoms with Crippen LogP contribution in [0.1, 0.15) is 39.0 Å². The second kappa shape index (κ2) is 9.08. The summed E-state index contributed by atoms with van der Waals surface area (Å²) in [4.78, 5) is 12.0. The zero-order chi connectivity index (χ0) is 16.5. The average Bonchev–Trinajstić information content (AvgIpc) is 2.56. The minimum Gasteiger partial charge on any atom is -0.493 e. The number of hydrogen-bond acceptors (Lipinski definition) is 3. The molecule has 0 fully saturated rings. The van der Waals surface area contributed by atoms with Gasteiger partial charge in [0.05, 0.1) is 13.7 Å². The Bertz CT molecular complexity index is 555. The summed E-state index contributed by atoms with van der Waals surface area (Å²) in [5.41, 5.74) is 2.14. The van der Waals surface area contributed by atoms with E-state index in [9.17, 15) is 4.79 Å². The van der Waals surface area contributed by atoms with Crippen molar-refractivity contribution in [2.75, 3.05) is 25.6 Å². The van der Waals surface area contributed by atoms with E-state index in [0.717, 1.165) is 6.42 Å². The first-order valence-corrected chi connectivity index (χ1v) is 8.26. The molecule has 126 valence electrons. The number of benzene rings is 1. The number of nitrogens with one attached hydrogen (secondary N) is 2. The van der Waals surface area contributed by atoms with Crippen molar-refractivity contribution < 1.29 is 14.3 Å². The van der Waals surface area contributed by atoms with Crippen LogP contribution in [0.5, 0.6) is 11.5 Å². The smallest absolute Gasteiger partial charge is 0.319 e. The summed E-state index contributed by atoms with van der Waals surface area (Å²) in [5.74, 6) is 1.28. The van der Waals surface area contributed by atoms with Crippen LogP contribution in [0, 0.1) is 0 Å². The Morgan fingerprint density at radius 3 is 2.83 bits per heavy atom. The zero-order valence-corrected chi connectivity index (χ0v) is 14.0. The highest BCUT2D eigenvalue weighted by molar-refractivity contribution is 5.89. The van der Waals surface area contributed by atoms with Crippen molar-refractivity contribution in [1.29, 1.82) is 0 Å². The van der Waals surface area contributed by atoms with Gasteiger partial charge in [0.1, 0.15) is 0 Å². The van der Waals surface area contributed by atoms with Gasteiger partial charge in [0, 0.05) is 18.3 Å². The summed E-state index contributed by atoms with van der Waals surface area (Å²) in [6.07, 6.45) is 8.13. The molecule has 1 aromatic rings. The van der Waals surface area contributed by atoms with Gasteiger partial charge in [0.15, 0.2) is 11.5 Å². The molecule has 0 saturated carbocycles. The predicted octanol–water partition coefficient (Wildman–Crippen LogP) is 4.11. The lowest BCUT2D eigenvalue weighted by Crippen LogP contribution is -2.29. The number of urea groups is 1. The standard InChI is InChI=1S/C18H26N2O3/c1-3-23-17-13-15(9-10-16(17)22-2)20-18(21)19-12-11-14-7-5-4-6-8-14/h7,9-10,13H,3-6,8,11-12H2,1-2H3,(H2,19,20,21). The molecule has 0 atom stereocenters. The van der Waals surface area contributed by atoms with Crippen molar-refractivity contribution in [3.63, 3.8) is 0 Å². The van der Waals surface area contributed by atoms with Gasteiger partial charge in [-0.1, -0.05) is 11.6 Å². The summed E-state index contributed by atoms with van der Waals surface area (Å²) in [6.45, 7) is 3.11. The Morgan fingerprint density at radius 2 is 2.13 bits per heavy atom. The van der Waals surface area contributed by atoms with Crippen LogP contribution in [-0.4, -0.2) is 26.3 Å². The zero-order valence-electron chi connectivity index (χ0n) is 14.0. The number of allylic oxidation sites excluding steroid dienone is 1. The molecule has 2 N–H and O–H groups in total. The third-order valence-corrected chi connectivity index (χ3v) is 3.84. The fourth-order valence-electron chi connectivity index (χ4n) is 2.67. The van der Waals surface area contributed by atoms with E-state index in [1.54, 1.807) is 25.3 Å². The molecule has 5 nitrogen and oxygen atoms in total. The highest BCUT2D eigenvalue weighted by Gasteiger charge is 2.08. The van der Waals surface area contributed by atoms with Crippen LogP contribution in [0.15, 0.2) is 29.8 Å².